The molecule has 9 heavy (non-hydrogen) atoms. The Balaban J connectivity index is 2.64. The molecule has 1 atom stereocenters. The van der Waals surface area contributed by atoms with Crippen LogP contribution in [-0.4, -0.2) is 27.5 Å². The lowest BCUT2D eigenvalue weighted by atomic mass is 10.3. The molecule has 0 aromatic rings. The molecule has 0 spiro atoms. The van der Waals surface area contributed by atoms with E-state index in [2.05, 4.69) is 4.99 Å². The zero-order chi connectivity index (χ0) is 6.91. The Morgan fingerprint density at radius 2 is 2.67 bits per heavy atom. The molecular formula is C5H8ClNOS. The van der Waals surface area contributed by atoms with Crippen molar-refractivity contribution in [1.82, 2.24) is 0 Å². The highest BCUT2D eigenvalue weighted by molar-refractivity contribution is 8.14. The van der Waals surface area contributed by atoms with Gasteiger partial charge in [-0.1, -0.05) is 0 Å². The van der Waals surface area contributed by atoms with Crippen molar-refractivity contribution in [3.8, 4) is 0 Å². The van der Waals surface area contributed by atoms with Crippen molar-refractivity contribution < 1.29 is 5.11 Å². The predicted octanol–water partition coefficient (Wildman–Crippen LogP) is 1.08. The topological polar surface area (TPSA) is 32.6 Å². The van der Waals surface area contributed by atoms with Crippen LogP contribution in [0.15, 0.2) is 4.99 Å². The molecule has 0 aliphatic carbocycles. The fourth-order valence-electron chi connectivity index (χ4n) is 0.646. The first-order chi connectivity index (χ1) is 4.16. The maximum Gasteiger partial charge on any atom is 0.179 e. The molecule has 0 fully saturated rings. The molecule has 1 N–H and O–H groups in total. The van der Waals surface area contributed by atoms with Gasteiger partial charge in [0.05, 0.1) is 16.7 Å². The lowest BCUT2D eigenvalue weighted by Gasteiger charge is -2.12. The fraction of sp³-hybridized carbons (Fsp3) is 0.800. The van der Waals surface area contributed by atoms with Crippen molar-refractivity contribution in [2.45, 2.75) is 12.6 Å². The molecule has 0 aromatic heterocycles. The molecule has 0 amide bonds. The number of thioether (sulfide) groups is 1. The van der Waals surface area contributed by atoms with Crippen LogP contribution in [0.4, 0.5) is 0 Å². The van der Waals surface area contributed by atoms with E-state index in [-0.39, 0.29) is 5.88 Å². The van der Waals surface area contributed by atoms with Crippen LogP contribution in [0, 0.1) is 0 Å². The zero-order valence-corrected chi connectivity index (χ0v) is 6.67. The summed E-state index contributed by atoms with van der Waals surface area (Å²) in [7, 11) is 0. The van der Waals surface area contributed by atoms with Gasteiger partial charge in [-0.15, -0.1) is 23.4 Å². The van der Waals surface area contributed by atoms with Gasteiger partial charge in [-0.05, 0) is 6.92 Å². The van der Waals surface area contributed by atoms with Crippen molar-refractivity contribution in [3.63, 3.8) is 0 Å². The van der Waals surface area contributed by atoms with Gasteiger partial charge >= 0.3 is 0 Å². The first kappa shape index (κ1) is 7.38. The predicted molar refractivity (Wildman–Crippen MR) is 41.2 cm³/mol. The molecule has 4 heteroatoms. The van der Waals surface area contributed by atoms with Gasteiger partial charge in [-0.3, -0.25) is 0 Å². The molecule has 0 bridgehead atoms. The summed E-state index contributed by atoms with van der Waals surface area (Å²) in [6.45, 7) is 1.87. The largest absolute Gasteiger partial charge is 0.367 e. The van der Waals surface area contributed by atoms with Crippen LogP contribution >= 0.6 is 23.4 Å². The van der Waals surface area contributed by atoms with Crippen LogP contribution in [-0.2, 0) is 0 Å². The van der Waals surface area contributed by atoms with Gasteiger partial charge in [0.15, 0.2) is 5.72 Å². The second-order valence-corrected chi connectivity index (χ2v) is 3.47. The minimum atomic E-state index is -0.976. The molecule has 2 nitrogen and oxygen atoms in total. The Bertz CT molecular complexity index is 150. The van der Waals surface area contributed by atoms with Crippen molar-refractivity contribution in [2.75, 3.05) is 11.6 Å². The highest BCUT2D eigenvalue weighted by Gasteiger charge is 2.30. The lowest BCUT2D eigenvalue weighted by molar-refractivity contribution is 0.102. The number of hydrogen-bond donors (Lipinski definition) is 1. The summed E-state index contributed by atoms with van der Waals surface area (Å²) < 4.78 is 0. The summed E-state index contributed by atoms with van der Waals surface area (Å²) in [6, 6.07) is 0. The van der Waals surface area contributed by atoms with Gasteiger partial charge in [0, 0.05) is 0 Å². The summed E-state index contributed by atoms with van der Waals surface area (Å²) in [6.07, 6.45) is 0. The van der Waals surface area contributed by atoms with E-state index in [0.29, 0.717) is 5.75 Å². The molecule has 0 radical (unpaired) electrons. The third kappa shape index (κ3) is 1.60. The Morgan fingerprint density at radius 3 is 2.89 bits per heavy atom. The highest BCUT2D eigenvalue weighted by atomic mass is 35.5. The van der Waals surface area contributed by atoms with Gasteiger partial charge in [-0.25, -0.2) is 4.99 Å². The van der Waals surface area contributed by atoms with Crippen LogP contribution in [0.25, 0.3) is 0 Å². The Labute approximate surface area is 63.3 Å². The van der Waals surface area contributed by atoms with E-state index < -0.39 is 5.72 Å². The smallest absolute Gasteiger partial charge is 0.179 e. The van der Waals surface area contributed by atoms with E-state index in [1.807, 2.05) is 6.92 Å². The molecule has 52 valence electrons. The lowest BCUT2D eigenvalue weighted by Crippen LogP contribution is -2.28. The van der Waals surface area contributed by atoms with E-state index in [0.717, 1.165) is 5.04 Å². The van der Waals surface area contributed by atoms with E-state index >= 15 is 0 Å². The second-order valence-electron chi connectivity index (χ2n) is 2.04. The van der Waals surface area contributed by atoms with E-state index in [9.17, 15) is 5.11 Å². The third-order valence-electron chi connectivity index (χ3n) is 1.09. The molecule has 0 unspecified atom stereocenters. The normalized spacial score (nSPS) is 34.8. The number of aliphatic hydroxyl groups is 1. The average molecular weight is 166 g/mol. The average Bonchev–Trinajstić information content (AvgIpc) is 2.13. The summed E-state index contributed by atoms with van der Waals surface area (Å²) in [5.41, 5.74) is -0.976. The zero-order valence-electron chi connectivity index (χ0n) is 5.09. The molecule has 0 saturated heterocycles. The van der Waals surface area contributed by atoms with Crippen molar-refractivity contribution in [1.29, 1.82) is 0 Å². The molecule has 1 aliphatic heterocycles. The number of alkyl halides is 1. The maximum atomic E-state index is 9.33. The third-order valence-corrected chi connectivity index (χ3v) is 2.64. The number of rotatable bonds is 1. The molecular weight excluding hydrogens is 158 g/mol. The van der Waals surface area contributed by atoms with Gasteiger partial charge in [0.2, 0.25) is 0 Å². The number of nitrogens with zero attached hydrogens (tertiary/aromatic N) is 1. The van der Waals surface area contributed by atoms with Crippen LogP contribution in [0.1, 0.15) is 6.92 Å². The van der Waals surface area contributed by atoms with Gasteiger partial charge in [0.25, 0.3) is 0 Å². The van der Waals surface area contributed by atoms with Gasteiger partial charge in [0.1, 0.15) is 0 Å². The minimum absolute atomic E-state index is 0.192. The standard InChI is InChI=1S/C5H8ClNOS/c1-4-7-5(8,2-6)3-9-4/h8H,2-3H2,1H3/t5-/m1/s1. The van der Waals surface area contributed by atoms with Crippen molar-refractivity contribution in [2.24, 2.45) is 4.99 Å². The first-order valence-corrected chi connectivity index (χ1v) is 4.16. The quantitative estimate of drug-likeness (QED) is 0.590. The molecule has 0 saturated carbocycles. The Kier molecular flexibility index (Phi) is 2.03. The number of hydrogen-bond acceptors (Lipinski definition) is 3. The van der Waals surface area contributed by atoms with Crippen LogP contribution in [0.3, 0.4) is 0 Å². The highest BCUT2D eigenvalue weighted by Crippen LogP contribution is 2.25. The number of halogens is 1. The van der Waals surface area contributed by atoms with Crippen LogP contribution < -0.4 is 0 Å². The van der Waals surface area contributed by atoms with Crippen LogP contribution in [0.5, 0.6) is 0 Å². The molecule has 1 aliphatic rings. The van der Waals surface area contributed by atoms with Gasteiger partial charge < -0.3 is 5.11 Å². The van der Waals surface area contributed by atoms with Crippen molar-refractivity contribution in [3.05, 3.63) is 0 Å². The fourth-order valence-corrected chi connectivity index (χ4v) is 1.75. The summed E-state index contributed by atoms with van der Waals surface area (Å²) in [5, 5.41) is 10.2. The van der Waals surface area contributed by atoms with E-state index in [1.54, 1.807) is 11.8 Å². The SMILES string of the molecule is CC1=N[C@@](O)(CCl)CS1. The monoisotopic (exact) mass is 165 g/mol. The molecule has 1 rings (SSSR count). The minimum Gasteiger partial charge on any atom is -0.367 e. The summed E-state index contributed by atoms with van der Waals surface area (Å²) in [5.74, 6) is 0.791. The number of aliphatic imine (C=N–C) groups is 1. The maximum absolute atomic E-state index is 9.33. The second kappa shape index (κ2) is 2.48. The molecule has 1 heterocycles. The Hall–Kier alpha value is 0.270. The summed E-state index contributed by atoms with van der Waals surface area (Å²) >= 11 is 6.99. The van der Waals surface area contributed by atoms with Crippen molar-refractivity contribution >= 4 is 28.4 Å². The van der Waals surface area contributed by atoms with Gasteiger partial charge in [-0.2, -0.15) is 0 Å². The van der Waals surface area contributed by atoms with Crippen LogP contribution in [0.2, 0.25) is 0 Å². The first-order valence-electron chi connectivity index (χ1n) is 2.64. The van der Waals surface area contributed by atoms with E-state index in [1.165, 1.54) is 0 Å². The summed E-state index contributed by atoms with van der Waals surface area (Å²) in [4.78, 5) is 3.94. The van der Waals surface area contributed by atoms with E-state index in [4.69, 9.17) is 11.6 Å². The molecule has 0 aromatic carbocycles. The Morgan fingerprint density at radius 1 is 2.00 bits per heavy atom.